The standard InChI is InChI=1S/C23H18FN3O4S/c24-19-7-5-16(6-8-19)13-27-14-18-11-20(9-10-21(18)31-15-23(27)28)26-32(29,30)22-4-2-1-3-17(22)12-25/h1-11,26H,13-15H2. The third-order valence-electron chi connectivity index (χ3n) is 4.96. The van der Waals surface area contributed by atoms with Crippen molar-refractivity contribution < 1.29 is 22.3 Å². The van der Waals surface area contributed by atoms with Crippen LogP contribution in [-0.2, 0) is 27.9 Å². The predicted octanol–water partition coefficient (Wildman–Crippen LogP) is 3.42. The molecule has 0 saturated carbocycles. The number of nitriles is 1. The van der Waals surface area contributed by atoms with E-state index in [9.17, 15) is 22.9 Å². The number of rotatable bonds is 5. The highest BCUT2D eigenvalue weighted by molar-refractivity contribution is 7.92. The molecular weight excluding hydrogens is 433 g/mol. The van der Waals surface area contributed by atoms with Crippen molar-refractivity contribution in [3.05, 3.63) is 89.2 Å². The first-order valence-electron chi connectivity index (χ1n) is 9.65. The smallest absolute Gasteiger partial charge is 0.263 e. The quantitative estimate of drug-likeness (QED) is 0.641. The Balaban J connectivity index is 1.59. The summed E-state index contributed by atoms with van der Waals surface area (Å²) in [5.41, 5.74) is 1.69. The molecule has 32 heavy (non-hydrogen) atoms. The Kier molecular flexibility index (Phi) is 5.79. The molecule has 0 saturated heterocycles. The number of benzene rings is 3. The number of hydrogen-bond donors (Lipinski definition) is 1. The number of nitrogens with zero attached hydrogens (tertiary/aromatic N) is 2. The summed E-state index contributed by atoms with van der Waals surface area (Å²) in [7, 11) is -4.00. The summed E-state index contributed by atoms with van der Waals surface area (Å²) < 4.78 is 46.9. The first-order valence-corrected chi connectivity index (χ1v) is 11.1. The van der Waals surface area contributed by atoms with E-state index in [-0.39, 0.29) is 47.6 Å². The summed E-state index contributed by atoms with van der Waals surface area (Å²) in [5, 5.41) is 9.21. The van der Waals surface area contributed by atoms with E-state index < -0.39 is 10.0 Å². The lowest BCUT2D eigenvalue weighted by molar-refractivity contribution is -0.133. The molecule has 1 amide bonds. The maximum Gasteiger partial charge on any atom is 0.263 e. The zero-order chi connectivity index (χ0) is 22.7. The van der Waals surface area contributed by atoms with Gasteiger partial charge >= 0.3 is 0 Å². The molecular formula is C23H18FN3O4S. The van der Waals surface area contributed by atoms with E-state index in [1.54, 1.807) is 41.3 Å². The number of sulfonamides is 1. The van der Waals surface area contributed by atoms with Crippen LogP contribution in [0.25, 0.3) is 0 Å². The van der Waals surface area contributed by atoms with Gasteiger partial charge in [0.25, 0.3) is 15.9 Å². The Morgan fingerprint density at radius 3 is 2.59 bits per heavy atom. The molecule has 7 nitrogen and oxygen atoms in total. The fourth-order valence-corrected chi connectivity index (χ4v) is 4.60. The molecule has 0 radical (unpaired) electrons. The van der Waals surface area contributed by atoms with Crippen LogP contribution in [0.5, 0.6) is 5.75 Å². The minimum Gasteiger partial charge on any atom is -0.483 e. The SMILES string of the molecule is N#Cc1ccccc1S(=O)(=O)Nc1ccc2c(c1)CN(Cc1ccc(F)cc1)C(=O)CO2. The van der Waals surface area contributed by atoms with E-state index in [0.717, 1.165) is 5.56 Å². The first kappa shape index (κ1) is 21.3. The van der Waals surface area contributed by atoms with Gasteiger partial charge in [-0.15, -0.1) is 0 Å². The van der Waals surface area contributed by atoms with Crippen molar-refractivity contribution >= 4 is 21.6 Å². The molecule has 162 valence electrons. The Labute approximate surface area is 184 Å². The van der Waals surface area contributed by atoms with Crippen molar-refractivity contribution in [2.75, 3.05) is 11.3 Å². The lowest BCUT2D eigenvalue weighted by atomic mass is 10.1. The Morgan fingerprint density at radius 1 is 1.09 bits per heavy atom. The summed E-state index contributed by atoms with van der Waals surface area (Å²) in [4.78, 5) is 13.9. The highest BCUT2D eigenvalue weighted by Gasteiger charge is 2.24. The average Bonchev–Trinajstić information content (AvgIpc) is 2.93. The molecule has 1 aliphatic rings. The Hall–Kier alpha value is -3.90. The van der Waals surface area contributed by atoms with Crippen LogP contribution < -0.4 is 9.46 Å². The fraction of sp³-hybridized carbons (Fsp3) is 0.130. The van der Waals surface area contributed by atoms with Gasteiger partial charge in [-0.05, 0) is 48.0 Å². The van der Waals surface area contributed by atoms with Gasteiger partial charge in [0.2, 0.25) is 0 Å². The molecule has 0 aliphatic carbocycles. The number of ether oxygens (including phenoxy) is 1. The zero-order valence-corrected chi connectivity index (χ0v) is 17.6. The average molecular weight is 451 g/mol. The normalized spacial score (nSPS) is 13.5. The number of carbonyl (C=O) groups is 1. The molecule has 0 atom stereocenters. The van der Waals surface area contributed by atoms with Gasteiger partial charge in [-0.1, -0.05) is 24.3 Å². The maximum atomic E-state index is 13.2. The van der Waals surface area contributed by atoms with Crippen LogP contribution in [0.2, 0.25) is 0 Å². The summed E-state index contributed by atoms with van der Waals surface area (Å²) >= 11 is 0. The molecule has 3 aromatic rings. The van der Waals surface area contributed by atoms with Crippen molar-refractivity contribution in [2.45, 2.75) is 18.0 Å². The third kappa shape index (κ3) is 4.55. The van der Waals surface area contributed by atoms with Crippen LogP contribution in [0, 0.1) is 17.1 Å². The lowest BCUT2D eigenvalue weighted by Crippen LogP contribution is -2.31. The Morgan fingerprint density at radius 2 is 1.84 bits per heavy atom. The van der Waals surface area contributed by atoms with Crippen molar-refractivity contribution in [1.29, 1.82) is 5.26 Å². The van der Waals surface area contributed by atoms with Gasteiger partial charge in [0, 0.05) is 24.3 Å². The molecule has 0 spiro atoms. The van der Waals surface area contributed by atoms with Crippen molar-refractivity contribution in [2.24, 2.45) is 0 Å². The van der Waals surface area contributed by atoms with Gasteiger partial charge in [0.05, 0.1) is 5.56 Å². The second kappa shape index (κ2) is 8.69. The third-order valence-corrected chi connectivity index (χ3v) is 6.40. The summed E-state index contributed by atoms with van der Waals surface area (Å²) in [5.74, 6) is -0.129. The summed E-state index contributed by atoms with van der Waals surface area (Å²) in [6.07, 6.45) is 0. The minimum atomic E-state index is -4.00. The van der Waals surface area contributed by atoms with E-state index in [1.807, 2.05) is 6.07 Å². The molecule has 4 rings (SSSR count). The highest BCUT2D eigenvalue weighted by Crippen LogP contribution is 2.29. The number of nitrogens with one attached hydrogen (secondary N) is 1. The van der Waals surface area contributed by atoms with Crippen LogP contribution in [0.4, 0.5) is 10.1 Å². The van der Waals surface area contributed by atoms with Crippen LogP contribution >= 0.6 is 0 Å². The van der Waals surface area contributed by atoms with Crippen molar-refractivity contribution in [3.63, 3.8) is 0 Å². The number of halogens is 1. The van der Waals surface area contributed by atoms with Gasteiger partial charge in [-0.25, -0.2) is 12.8 Å². The number of amides is 1. The van der Waals surface area contributed by atoms with E-state index >= 15 is 0 Å². The summed E-state index contributed by atoms with van der Waals surface area (Å²) in [6, 6.07) is 18.4. The van der Waals surface area contributed by atoms with Gasteiger partial charge in [0.1, 0.15) is 22.5 Å². The number of anilines is 1. The van der Waals surface area contributed by atoms with E-state index in [1.165, 1.54) is 30.3 Å². The van der Waals surface area contributed by atoms with Crippen molar-refractivity contribution in [3.8, 4) is 11.8 Å². The molecule has 1 N–H and O–H groups in total. The molecule has 0 unspecified atom stereocenters. The number of carbonyl (C=O) groups excluding carboxylic acids is 1. The zero-order valence-electron chi connectivity index (χ0n) is 16.8. The molecule has 1 aliphatic heterocycles. The van der Waals surface area contributed by atoms with Crippen LogP contribution in [0.15, 0.2) is 71.6 Å². The number of hydrogen-bond acceptors (Lipinski definition) is 5. The van der Waals surface area contributed by atoms with Gasteiger partial charge in [-0.2, -0.15) is 5.26 Å². The molecule has 3 aromatic carbocycles. The second-order valence-electron chi connectivity index (χ2n) is 7.20. The van der Waals surface area contributed by atoms with E-state index in [2.05, 4.69) is 4.72 Å². The predicted molar refractivity (Wildman–Crippen MR) is 115 cm³/mol. The largest absolute Gasteiger partial charge is 0.483 e. The highest BCUT2D eigenvalue weighted by atomic mass is 32.2. The topological polar surface area (TPSA) is 99.5 Å². The summed E-state index contributed by atoms with van der Waals surface area (Å²) in [6.45, 7) is 0.290. The first-order chi connectivity index (χ1) is 15.4. The Bertz CT molecular complexity index is 1320. The molecule has 9 heteroatoms. The minimum absolute atomic E-state index is 0.0363. The van der Waals surface area contributed by atoms with Crippen LogP contribution in [-0.4, -0.2) is 25.8 Å². The lowest BCUT2D eigenvalue weighted by Gasteiger charge is -2.20. The van der Waals surface area contributed by atoms with E-state index in [4.69, 9.17) is 4.74 Å². The second-order valence-corrected chi connectivity index (χ2v) is 8.85. The van der Waals surface area contributed by atoms with E-state index in [0.29, 0.717) is 11.3 Å². The van der Waals surface area contributed by atoms with Gasteiger partial charge in [0.15, 0.2) is 6.61 Å². The number of fused-ring (bicyclic) bond motifs is 1. The van der Waals surface area contributed by atoms with Crippen LogP contribution in [0.1, 0.15) is 16.7 Å². The molecule has 1 heterocycles. The fourth-order valence-electron chi connectivity index (χ4n) is 3.39. The van der Waals surface area contributed by atoms with Gasteiger partial charge < -0.3 is 9.64 Å². The maximum absolute atomic E-state index is 13.2. The molecule has 0 fully saturated rings. The monoisotopic (exact) mass is 451 g/mol. The van der Waals surface area contributed by atoms with Crippen molar-refractivity contribution in [1.82, 2.24) is 4.90 Å². The van der Waals surface area contributed by atoms with Gasteiger partial charge in [-0.3, -0.25) is 9.52 Å². The molecule has 0 bridgehead atoms. The molecule has 0 aromatic heterocycles. The van der Waals surface area contributed by atoms with Crippen LogP contribution in [0.3, 0.4) is 0 Å².